The molecular formula is C13H14BrClO3. The number of carbonyl (C=O) groups excluding carboxylic acids is 2. The van der Waals surface area contributed by atoms with Crippen molar-refractivity contribution in [2.24, 2.45) is 0 Å². The highest BCUT2D eigenvalue weighted by Crippen LogP contribution is 2.16. The lowest BCUT2D eigenvalue weighted by Crippen LogP contribution is -2.12. The molecular weight excluding hydrogens is 319 g/mol. The fourth-order valence-electron chi connectivity index (χ4n) is 1.52. The maximum absolute atomic E-state index is 11.8. The zero-order valence-electron chi connectivity index (χ0n) is 10.0. The Kier molecular flexibility index (Phi) is 6.36. The van der Waals surface area contributed by atoms with Crippen LogP contribution in [-0.4, -0.2) is 23.7 Å². The van der Waals surface area contributed by atoms with E-state index in [1.807, 2.05) is 6.07 Å². The van der Waals surface area contributed by atoms with Crippen LogP contribution in [0.15, 0.2) is 18.2 Å². The van der Waals surface area contributed by atoms with E-state index in [1.165, 1.54) is 0 Å². The van der Waals surface area contributed by atoms with Crippen molar-refractivity contribution in [2.45, 2.75) is 19.2 Å². The molecule has 0 aliphatic heterocycles. The normalized spacial score (nSPS) is 10.2. The Labute approximate surface area is 120 Å². The molecule has 0 aliphatic rings. The van der Waals surface area contributed by atoms with Crippen molar-refractivity contribution < 1.29 is 14.3 Å². The number of esters is 1. The zero-order chi connectivity index (χ0) is 13.5. The summed E-state index contributed by atoms with van der Waals surface area (Å²) in [5.41, 5.74) is 1.92. The first-order valence-electron chi connectivity index (χ1n) is 5.54. The molecule has 0 unspecified atom stereocenters. The van der Waals surface area contributed by atoms with Crippen molar-refractivity contribution in [1.82, 2.24) is 0 Å². The van der Waals surface area contributed by atoms with E-state index < -0.39 is 5.97 Å². The molecule has 5 heteroatoms. The maximum Gasteiger partial charge on any atom is 0.338 e. The second kappa shape index (κ2) is 7.54. The summed E-state index contributed by atoms with van der Waals surface area (Å²) in [6.45, 7) is 2.04. The summed E-state index contributed by atoms with van der Waals surface area (Å²) in [6.07, 6.45) is 0.210. The minimum Gasteiger partial charge on any atom is -0.462 e. The Morgan fingerprint density at radius 2 is 2.11 bits per heavy atom. The molecule has 0 bridgehead atoms. The van der Waals surface area contributed by atoms with Crippen LogP contribution in [0.3, 0.4) is 0 Å². The van der Waals surface area contributed by atoms with Crippen LogP contribution >= 0.6 is 27.5 Å². The average molecular weight is 334 g/mol. The van der Waals surface area contributed by atoms with Crippen LogP contribution in [0.4, 0.5) is 0 Å². The van der Waals surface area contributed by atoms with Gasteiger partial charge in [-0.1, -0.05) is 28.1 Å². The van der Waals surface area contributed by atoms with Crippen molar-refractivity contribution in [3.63, 3.8) is 0 Å². The number of rotatable bonds is 6. The smallest absolute Gasteiger partial charge is 0.338 e. The second-order valence-corrected chi connectivity index (χ2v) is 4.52. The number of ether oxygens (including phenoxy) is 1. The topological polar surface area (TPSA) is 43.4 Å². The predicted molar refractivity (Wildman–Crippen MR) is 74.5 cm³/mol. The molecule has 98 valence electrons. The van der Waals surface area contributed by atoms with Gasteiger partial charge in [-0.15, -0.1) is 11.6 Å². The third kappa shape index (κ3) is 4.10. The lowest BCUT2D eigenvalue weighted by molar-refractivity contribution is -0.115. The largest absolute Gasteiger partial charge is 0.462 e. The molecule has 0 aliphatic carbocycles. The monoisotopic (exact) mass is 332 g/mol. The minimum atomic E-state index is -0.415. The maximum atomic E-state index is 11.8. The van der Waals surface area contributed by atoms with Gasteiger partial charge in [-0.2, -0.15) is 0 Å². The summed E-state index contributed by atoms with van der Waals surface area (Å²) in [6, 6.07) is 5.25. The minimum absolute atomic E-state index is 0.0131. The van der Waals surface area contributed by atoms with Gasteiger partial charge in [0.05, 0.1) is 17.5 Å². The van der Waals surface area contributed by atoms with Gasteiger partial charge >= 0.3 is 5.97 Å². The summed E-state index contributed by atoms with van der Waals surface area (Å²) in [7, 11) is 0. The average Bonchev–Trinajstić information content (AvgIpc) is 2.39. The molecule has 18 heavy (non-hydrogen) atoms. The molecule has 0 saturated carbocycles. The standard InChI is InChI=1S/C13H14BrClO3/c1-2-18-13(17)12-5-9(8-15)3-4-10(12)6-11(16)7-14/h3-5H,2,6-8H2,1H3. The van der Waals surface area contributed by atoms with Crippen LogP contribution in [0.25, 0.3) is 0 Å². The SMILES string of the molecule is CCOC(=O)c1cc(CCl)ccc1CC(=O)CBr. The van der Waals surface area contributed by atoms with Crippen molar-refractivity contribution in [3.8, 4) is 0 Å². The number of halogens is 2. The summed E-state index contributed by atoms with van der Waals surface area (Å²) in [5.74, 6) is -0.0833. The number of hydrogen-bond acceptors (Lipinski definition) is 3. The number of ketones is 1. The molecule has 1 aromatic rings. The molecule has 0 N–H and O–H groups in total. The van der Waals surface area contributed by atoms with Crippen LogP contribution in [-0.2, 0) is 21.8 Å². The molecule has 3 nitrogen and oxygen atoms in total. The highest BCUT2D eigenvalue weighted by atomic mass is 79.9. The molecule has 1 rings (SSSR count). The first kappa shape index (κ1) is 15.2. The lowest BCUT2D eigenvalue weighted by Gasteiger charge is -2.09. The third-order valence-corrected chi connectivity index (χ3v) is 3.29. The van der Waals surface area contributed by atoms with Gasteiger partial charge in [0.2, 0.25) is 0 Å². The van der Waals surface area contributed by atoms with E-state index >= 15 is 0 Å². The van der Waals surface area contributed by atoms with Crippen LogP contribution in [0.5, 0.6) is 0 Å². The van der Waals surface area contributed by atoms with Crippen LogP contribution in [0, 0.1) is 0 Å². The summed E-state index contributed by atoms with van der Waals surface area (Å²) < 4.78 is 4.98. The van der Waals surface area contributed by atoms with E-state index in [2.05, 4.69) is 15.9 Å². The van der Waals surface area contributed by atoms with Crippen molar-refractivity contribution >= 4 is 39.3 Å². The number of Topliss-reactive ketones (excluding diaryl/α,β-unsaturated/α-hetero) is 1. The zero-order valence-corrected chi connectivity index (χ0v) is 12.4. The molecule has 0 radical (unpaired) electrons. The highest BCUT2D eigenvalue weighted by Gasteiger charge is 2.15. The molecule has 1 aromatic carbocycles. The van der Waals surface area contributed by atoms with E-state index in [0.717, 1.165) is 5.56 Å². The van der Waals surface area contributed by atoms with Crippen molar-refractivity contribution in [2.75, 3.05) is 11.9 Å². The molecule has 0 aromatic heterocycles. The first-order valence-corrected chi connectivity index (χ1v) is 7.20. The Morgan fingerprint density at radius 1 is 1.39 bits per heavy atom. The van der Waals surface area contributed by atoms with Gasteiger partial charge in [-0.3, -0.25) is 4.79 Å². The van der Waals surface area contributed by atoms with E-state index in [0.29, 0.717) is 23.6 Å². The van der Waals surface area contributed by atoms with Crippen LogP contribution in [0.1, 0.15) is 28.4 Å². The van der Waals surface area contributed by atoms with Crippen LogP contribution in [0.2, 0.25) is 0 Å². The van der Waals surface area contributed by atoms with E-state index in [1.54, 1.807) is 19.1 Å². The van der Waals surface area contributed by atoms with Crippen LogP contribution < -0.4 is 0 Å². The van der Waals surface area contributed by atoms with Gasteiger partial charge in [-0.25, -0.2) is 4.79 Å². The van der Waals surface area contributed by atoms with Gasteiger partial charge in [0.15, 0.2) is 0 Å². The van der Waals surface area contributed by atoms with Gasteiger partial charge in [0, 0.05) is 12.3 Å². The third-order valence-electron chi connectivity index (χ3n) is 2.36. The number of benzene rings is 1. The molecule has 0 saturated heterocycles. The summed E-state index contributed by atoms with van der Waals surface area (Å²) in [5, 5.41) is 0.270. The molecule has 0 fully saturated rings. The Bertz CT molecular complexity index is 446. The first-order chi connectivity index (χ1) is 8.62. The lowest BCUT2D eigenvalue weighted by atomic mass is 10.0. The molecule has 0 spiro atoms. The predicted octanol–water partition coefficient (Wildman–Crippen LogP) is 3.11. The molecule has 0 atom stereocenters. The second-order valence-electron chi connectivity index (χ2n) is 3.69. The highest BCUT2D eigenvalue weighted by molar-refractivity contribution is 9.09. The van der Waals surface area contributed by atoms with Crippen molar-refractivity contribution in [1.29, 1.82) is 0 Å². The van der Waals surface area contributed by atoms with Gasteiger partial charge in [-0.05, 0) is 24.1 Å². The Morgan fingerprint density at radius 3 is 2.67 bits per heavy atom. The fraction of sp³-hybridized carbons (Fsp3) is 0.385. The van der Waals surface area contributed by atoms with Crippen molar-refractivity contribution in [3.05, 3.63) is 34.9 Å². The summed E-state index contributed by atoms with van der Waals surface area (Å²) >= 11 is 8.85. The van der Waals surface area contributed by atoms with Gasteiger partial charge < -0.3 is 4.74 Å². The van der Waals surface area contributed by atoms with E-state index in [4.69, 9.17) is 16.3 Å². The molecule has 0 heterocycles. The quantitative estimate of drug-likeness (QED) is 0.593. The fourth-order valence-corrected chi connectivity index (χ4v) is 1.88. The number of hydrogen-bond donors (Lipinski definition) is 0. The van der Waals surface area contributed by atoms with Gasteiger partial charge in [0.25, 0.3) is 0 Å². The van der Waals surface area contributed by atoms with E-state index in [-0.39, 0.29) is 17.5 Å². The summed E-state index contributed by atoms with van der Waals surface area (Å²) in [4.78, 5) is 23.3. The number of carbonyl (C=O) groups is 2. The van der Waals surface area contributed by atoms with E-state index in [9.17, 15) is 9.59 Å². The molecule has 0 amide bonds. The van der Waals surface area contributed by atoms with Gasteiger partial charge in [0.1, 0.15) is 5.78 Å². The number of alkyl halides is 2. The Balaban J connectivity index is 3.07. The Hall–Kier alpha value is -0.870.